The van der Waals surface area contributed by atoms with Crippen LogP contribution in [-0.4, -0.2) is 38.3 Å². The predicted molar refractivity (Wildman–Crippen MR) is 118 cm³/mol. The lowest BCUT2D eigenvalue weighted by Gasteiger charge is -2.53. The predicted octanol–water partition coefficient (Wildman–Crippen LogP) is 4.27. The molecule has 2 fully saturated rings. The first-order valence-corrected chi connectivity index (χ1v) is 11.5. The summed E-state index contributed by atoms with van der Waals surface area (Å²) < 4.78 is 16.6. The standard InChI is InChI=1S/C25H30N4O2/c1-17-20-9-10-21-22(24(20,2)11-12-25(17)30-13-14-31-25)27-23(18-15-26-28(3)16-18)29(21)19-7-5-4-6-8-19/h4-8,15-17,20H,9-14H2,1-3H3/t17-,20-,24-/m0/s1. The molecule has 3 atom stereocenters. The Hall–Kier alpha value is -2.44. The zero-order valence-corrected chi connectivity index (χ0v) is 18.5. The molecular formula is C25H30N4O2. The molecule has 6 rings (SSSR count). The molecule has 1 aromatic carbocycles. The van der Waals surface area contributed by atoms with E-state index in [0.29, 0.717) is 25.0 Å². The topological polar surface area (TPSA) is 54.1 Å². The van der Waals surface area contributed by atoms with E-state index in [1.165, 1.54) is 17.1 Å². The van der Waals surface area contributed by atoms with Crippen LogP contribution in [0.2, 0.25) is 0 Å². The molecule has 1 saturated heterocycles. The number of nitrogens with zero attached hydrogens (tertiary/aromatic N) is 4. The van der Waals surface area contributed by atoms with Gasteiger partial charge in [0, 0.05) is 42.4 Å². The van der Waals surface area contributed by atoms with E-state index >= 15 is 0 Å². The van der Waals surface area contributed by atoms with E-state index in [2.05, 4.69) is 60.0 Å². The Morgan fingerprint density at radius 3 is 2.58 bits per heavy atom. The first-order chi connectivity index (χ1) is 15.0. The average molecular weight is 419 g/mol. The fourth-order valence-electron chi connectivity index (χ4n) is 6.47. The molecule has 0 radical (unpaired) electrons. The van der Waals surface area contributed by atoms with E-state index in [0.717, 1.165) is 37.1 Å². The molecule has 2 aliphatic carbocycles. The van der Waals surface area contributed by atoms with Crippen LogP contribution in [0.25, 0.3) is 17.1 Å². The summed E-state index contributed by atoms with van der Waals surface area (Å²) in [4.78, 5) is 5.34. The second-order valence-corrected chi connectivity index (χ2v) is 9.66. The second kappa shape index (κ2) is 6.78. The van der Waals surface area contributed by atoms with Crippen LogP contribution >= 0.6 is 0 Å². The lowest BCUT2D eigenvalue weighted by atomic mass is 9.55. The van der Waals surface area contributed by atoms with Gasteiger partial charge in [-0.25, -0.2) is 4.98 Å². The summed E-state index contributed by atoms with van der Waals surface area (Å²) in [5.41, 5.74) is 4.85. The van der Waals surface area contributed by atoms with Gasteiger partial charge < -0.3 is 9.47 Å². The molecule has 1 saturated carbocycles. The van der Waals surface area contributed by atoms with Crippen LogP contribution in [0.1, 0.15) is 44.5 Å². The van der Waals surface area contributed by atoms with Crippen molar-refractivity contribution in [2.24, 2.45) is 18.9 Å². The third-order valence-corrected chi connectivity index (χ3v) is 8.07. The molecule has 0 unspecified atom stereocenters. The summed E-state index contributed by atoms with van der Waals surface area (Å²) in [6, 6.07) is 10.6. The minimum Gasteiger partial charge on any atom is -0.347 e. The second-order valence-electron chi connectivity index (χ2n) is 9.66. The van der Waals surface area contributed by atoms with Gasteiger partial charge in [0.25, 0.3) is 0 Å². The van der Waals surface area contributed by atoms with Gasteiger partial charge in [0.05, 0.1) is 30.7 Å². The van der Waals surface area contributed by atoms with Crippen LogP contribution in [0.5, 0.6) is 0 Å². The van der Waals surface area contributed by atoms with Crippen molar-refractivity contribution in [2.45, 2.75) is 50.7 Å². The van der Waals surface area contributed by atoms with Crippen molar-refractivity contribution in [3.05, 3.63) is 54.1 Å². The Morgan fingerprint density at radius 2 is 1.87 bits per heavy atom. The number of hydrogen-bond acceptors (Lipinski definition) is 4. The first-order valence-electron chi connectivity index (χ1n) is 11.5. The molecule has 162 valence electrons. The summed E-state index contributed by atoms with van der Waals surface area (Å²) in [5, 5.41) is 4.42. The number of aromatic nitrogens is 4. The molecular weight excluding hydrogens is 388 g/mol. The highest BCUT2D eigenvalue weighted by Crippen LogP contribution is 2.57. The van der Waals surface area contributed by atoms with Gasteiger partial charge in [0.15, 0.2) is 5.79 Å². The van der Waals surface area contributed by atoms with Gasteiger partial charge in [0.1, 0.15) is 5.82 Å². The number of fused-ring (bicyclic) bond motifs is 3. The molecule has 1 aliphatic heterocycles. The number of benzene rings is 1. The number of aryl methyl sites for hydroxylation is 1. The summed E-state index contributed by atoms with van der Waals surface area (Å²) in [6.45, 7) is 6.18. The van der Waals surface area contributed by atoms with Crippen LogP contribution in [0.15, 0.2) is 42.7 Å². The number of ether oxygens (including phenoxy) is 2. The maximum Gasteiger partial charge on any atom is 0.171 e. The highest BCUT2D eigenvalue weighted by atomic mass is 16.7. The molecule has 1 spiro atoms. The van der Waals surface area contributed by atoms with Gasteiger partial charge in [-0.3, -0.25) is 9.25 Å². The highest BCUT2D eigenvalue weighted by Gasteiger charge is 2.58. The number of para-hydroxylation sites is 1. The molecule has 0 amide bonds. The lowest BCUT2D eigenvalue weighted by molar-refractivity contribution is -0.234. The van der Waals surface area contributed by atoms with Crippen molar-refractivity contribution >= 4 is 0 Å². The number of hydrogen-bond donors (Lipinski definition) is 0. The van der Waals surface area contributed by atoms with E-state index in [1.807, 2.05) is 17.9 Å². The Morgan fingerprint density at radius 1 is 1.10 bits per heavy atom. The molecule has 6 nitrogen and oxygen atoms in total. The SMILES string of the molecule is C[C@H]1[C@@H]2CCc3c(nc(-c4cnn(C)c4)n3-c3ccccc3)[C@@]2(C)CCC12OCCO2. The third-order valence-electron chi connectivity index (χ3n) is 8.07. The molecule has 3 aliphatic rings. The Balaban J connectivity index is 1.51. The molecule has 6 heteroatoms. The summed E-state index contributed by atoms with van der Waals surface area (Å²) in [6.07, 6.45) is 8.09. The van der Waals surface area contributed by atoms with Crippen LogP contribution in [0.3, 0.4) is 0 Å². The van der Waals surface area contributed by atoms with E-state index in [9.17, 15) is 0 Å². The summed E-state index contributed by atoms with van der Waals surface area (Å²) in [5.74, 6) is 1.45. The van der Waals surface area contributed by atoms with E-state index in [4.69, 9.17) is 14.5 Å². The Bertz CT molecular complexity index is 1110. The van der Waals surface area contributed by atoms with Crippen molar-refractivity contribution in [3.63, 3.8) is 0 Å². The van der Waals surface area contributed by atoms with Gasteiger partial charge in [0.2, 0.25) is 0 Å². The maximum absolute atomic E-state index is 6.19. The first kappa shape index (κ1) is 19.3. The fraction of sp³-hybridized carbons (Fsp3) is 0.520. The van der Waals surface area contributed by atoms with Crippen LogP contribution < -0.4 is 0 Å². The van der Waals surface area contributed by atoms with Crippen LogP contribution in [0.4, 0.5) is 0 Å². The van der Waals surface area contributed by atoms with Gasteiger partial charge in [-0.05, 0) is 37.3 Å². The van der Waals surface area contributed by atoms with E-state index in [1.54, 1.807) is 0 Å². The van der Waals surface area contributed by atoms with Crippen LogP contribution in [-0.2, 0) is 28.4 Å². The molecule has 0 N–H and O–H groups in total. The van der Waals surface area contributed by atoms with E-state index < -0.39 is 5.79 Å². The summed E-state index contributed by atoms with van der Waals surface area (Å²) >= 11 is 0. The smallest absolute Gasteiger partial charge is 0.171 e. The Labute approximate surface area is 183 Å². The van der Waals surface area contributed by atoms with Gasteiger partial charge in [-0.1, -0.05) is 32.0 Å². The third kappa shape index (κ3) is 2.71. The average Bonchev–Trinajstić information content (AvgIpc) is 3.51. The monoisotopic (exact) mass is 418 g/mol. The van der Waals surface area contributed by atoms with Crippen molar-refractivity contribution in [1.29, 1.82) is 0 Å². The highest BCUT2D eigenvalue weighted by molar-refractivity contribution is 5.60. The minimum absolute atomic E-state index is 0.0184. The zero-order chi connectivity index (χ0) is 21.2. The quantitative estimate of drug-likeness (QED) is 0.624. The van der Waals surface area contributed by atoms with Crippen molar-refractivity contribution < 1.29 is 9.47 Å². The van der Waals surface area contributed by atoms with Crippen molar-refractivity contribution in [2.75, 3.05) is 13.2 Å². The fourth-order valence-corrected chi connectivity index (χ4v) is 6.47. The molecule has 0 bridgehead atoms. The number of rotatable bonds is 2. The maximum atomic E-state index is 6.19. The van der Waals surface area contributed by atoms with E-state index in [-0.39, 0.29) is 5.41 Å². The van der Waals surface area contributed by atoms with Gasteiger partial charge >= 0.3 is 0 Å². The Kier molecular flexibility index (Phi) is 4.21. The largest absolute Gasteiger partial charge is 0.347 e. The molecule has 31 heavy (non-hydrogen) atoms. The lowest BCUT2D eigenvalue weighted by Crippen LogP contribution is -2.55. The normalized spacial score (nSPS) is 29.1. The molecule has 3 heterocycles. The van der Waals surface area contributed by atoms with Gasteiger partial charge in [-0.15, -0.1) is 0 Å². The molecule has 2 aromatic heterocycles. The van der Waals surface area contributed by atoms with Crippen molar-refractivity contribution in [1.82, 2.24) is 19.3 Å². The van der Waals surface area contributed by atoms with Crippen molar-refractivity contribution in [3.8, 4) is 17.1 Å². The molecule has 3 aromatic rings. The number of imidazole rings is 1. The van der Waals surface area contributed by atoms with Gasteiger partial charge in [-0.2, -0.15) is 5.10 Å². The minimum atomic E-state index is -0.393. The zero-order valence-electron chi connectivity index (χ0n) is 18.5. The summed E-state index contributed by atoms with van der Waals surface area (Å²) in [7, 11) is 1.96. The van der Waals surface area contributed by atoms with Crippen LogP contribution in [0, 0.1) is 11.8 Å².